The van der Waals surface area contributed by atoms with Crippen LogP contribution in [0.3, 0.4) is 0 Å². The molecule has 0 N–H and O–H groups in total. The number of halogens is 1. The highest BCUT2D eigenvalue weighted by Gasteiger charge is 2.13. The summed E-state index contributed by atoms with van der Waals surface area (Å²) in [6.45, 7) is 0. The van der Waals surface area contributed by atoms with Gasteiger partial charge < -0.3 is 4.74 Å². The van der Waals surface area contributed by atoms with Crippen molar-refractivity contribution in [2.24, 2.45) is 0 Å². The van der Waals surface area contributed by atoms with Crippen molar-refractivity contribution >= 4 is 34.2 Å². The molecule has 0 atom stereocenters. The molecular formula is C13H8INO4. The largest absolute Gasteiger partial charge is 0.423 e. The molecule has 0 radical (unpaired) electrons. The van der Waals surface area contributed by atoms with Crippen LogP contribution in [0.2, 0.25) is 0 Å². The second-order valence-corrected chi connectivity index (χ2v) is 4.90. The van der Waals surface area contributed by atoms with Gasteiger partial charge in [0.15, 0.2) is 0 Å². The lowest BCUT2D eigenvalue weighted by atomic mass is 10.2. The average Bonchev–Trinajstić information content (AvgIpc) is 2.41. The Balaban J connectivity index is 2.18. The SMILES string of the molecule is O=C(Oc1ccc(I)cc1)c1cccc([N+](=O)[O-])c1. The van der Waals surface area contributed by atoms with Crippen molar-refractivity contribution in [1.82, 2.24) is 0 Å². The Labute approximate surface area is 122 Å². The van der Waals surface area contributed by atoms with Gasteiger partial charge in [-0.3, -0.25) is 10.1 Å². The van der Waals surface area contributed by atoms with Crippen molar-refractivity contribution in [2.45, 2.75) is 0 Å². The molecule has 2 aromatic rings. The maximum atomic E-state index is 11.8. The van der Waals surface area contributed by atoms with Crippen molar-refractivity contribution in [2.75, 3.05) is 0 Å². The van der Waals surface area contributed by atoms with Crippen LogP contribution in [-0.2, 0) is 0 Å². The van der Waals surface area contributed by atoms with Gasteiger partial charge >= 0.3 is 5.97 Å². The number of ether oxygens (including phenoxy) is 1. The molecule has 0 aromatic heterocycles. The number of hydrogen-bond donors (Lipinski definition) is 0. The van der Waals surface area contributed by atoms with E-state index in [0.717, 1.165) is 3.57 Å². The highest BCUT2D eigenvalue weighted by Crippen LogP contribution is 2.17. The molecule has 0 aliphatic carbocycles. The van der Waals surface area contributed by atoms with E-state index in [2.05, 4.69) is 22.6 Å². The van der Waals surface area contributed by atoms with E-state index in [9.17, 15) is 14.9 Å². The predicted molar refractivity (Wildman–Crippen MR) is 77.2 cm³/mol. The number of carbonyl (C=O) groups is 1. The fraction of sp³-hybridized carbons (Fsp3) is 0. The molecule has 0 unspecified atom stereocenters. The fourth-order valence-corrected chi connectivity index (χ4v) is 1.77. The Morgan fingerprint density at radius 2 is 1.84 bits per heavy atom. The van der Waals surface area contributed by atoms with E-state index >= 15 is 0 Å². The van der Waals surface area contributed by atoms with E-state index in [4.69, 9.17) is 4.74 Å². The lowest BCUT2D eigenvalue weighted by Gasteiger charge is -2.04. The number of nitrogens with zero attached hydrogens (tertiary/aromatic N) is 1. The van der Waals surface area contributed by atoms with E-state index in [1.807, 2.05) is 0 Å². The number of non-ortho nitro benzene ring substituents is 1. The molecule has 2 aromatic carbocycles. The summed E-state index contributed by atoms with van der Waals surface area (Å²) in [6.07, 6.45) is 0. The normalized spacial score (nSPS) is 9.95. The van der Waals surface area contributed by atoms with Gasteiger partial charge in [-0.05, 0) is 52.9 Å². The van der Waals surface area contributed by atoms with Gasteiger partial charge in [0, 0.05) is 15.7 Å². The minimum atomic E-state index is -0.620. The monoisotopic (exact) mass is 369 g/mol. The first kappa shape index (κ1) is 13.5. The maximum Gasteiger partial charge on any atom is 0.343 e. The number of nitro benzene ring substituents is 1. The van der Waals surface area contributed by atoms with Crippen LogP contribution in [-0.4, -0.2) is 10.9 Å². The van der Waals surface area contributed by atoms with Crippen LogP contribution in [0.25, 0.3) is 0 Å². The Morgan fingerprint density at radius 3 is 2.47 bits per heavy atom. The molecule has 0 saturated carbocycles. The number of esters is 1. The highest BCUT2D eigenvalue weighted by atomic mass is 127. The van der Waals surface area contributed by atoms with Gasteiger partial charge in [0.05, 0.1) is 10.5 Å². The number of rotatable bonds is 3. The first-order chi connectivity index (χ1) is 9.06. The standard InChI is InChI=1S/C13H8INO4/c14-10-4-6-12(7-5-10)19-13(16)9-2-1-3-11(8-9)15(17)18/h1-8H. The average molecular weight is 369 g/mol. The van der Waals surface area contributed by atoms with Gasteiger partial charge in [-0.25, -0.2) is 4.79 Å². The second-order valence-electron chi connectivity index (χ2n) is 3.65. The third kappa shape index (κ3) is 3.50. The summed E-state index contributed by atoms with van der Waals surface area (Å²) in [4.78, 5) is 21.9. The molecule has 19 heavy (non-hydrogen) atoms. The maximum absolute atomic E-state index is 11.8. The van der Waals surface area contributed by atoms with Crippen molar-refractivity contribution in [3.8, 4) is 5.75 Å². The molecule has 0 aliphatic rings. The van der Waals surface area contributed by atoms with Gasteiger partial charge in [-0.15, -0.1) is 0 Å². The minimum absolute atomic E-state index is 0.142. The molecule has 5 nitrogen and oxygen atoms in total. The number of benzene rings is 2. The Kier molecular flexibility index (Phi) is 4.10. The summed E-state index contributed by atoms with van der Waals surface area (Å²) >= 11 is 2.14. The molecule has 0 spiro atoms. The Morgan fingerprint density at radius 1 is 1.16 bits per heavy atom. The van der Waals surface area contributed by atoms with Gasteiger partial charge in [-0.1, -0.05) is 6.07 Å². The summed E-state index contributed by atoms with van der Waals surface area (Å²) in [5.74, 6) is -0.221. The molecule has 0 amide bonds. The van der Waals surface area contributed by atoms with Crippen LogP contribution in [0.4, 0.5) is 5.69 Å². The summed E-state index contributed by atoms with van der Waals surface area (Å²) < 4.78 is 6.15. The van der Waals surface area contributed by atoms with E-state index in [0.29, 0.717) is 5.75 Å². The lowest BCUT2D eigenvalue weighted by molar-refractivity contribution is -0.384. The smallest absolute Gasteiger partial charge is 0.343 e. The third-order valence-corrected chi connectivity index (χ3v) is 3.04. The molecule has 96 valence electrons. The summed E-state index contributed by atoms with van der Waals surface area (Å²) in [7, 11) is 0. The van der Waals surface area contributed by atoms with Crippen molar-refractivity contribution in [3.05, 3.63) is 67.8 Å². The first-order valence-electron chi connectivity index (χ1n) is 5.28. The minimum Gasteiger partial charge on any atom is -0.423 e. The molecular weight excluding hydrogens is 361 g/mol. The zero-order valence-corrected chi connectivity index (χ0v) is 11.7. The van der Waals surface area contributed by atoms with Crippen LogP contribution in [0, 0.1) is 13.7 Å². The van der Waals surface area contributed by atoms with E-state index in [1.165, 1.54) is 24.3 Å². The molecule has 0 saturated heterocycles. The predicted octanol–water partition coefficient (Wildman–Crippen LogP) is 3.42. The van der Waals surface area contributed by atoms with Crippen LogP contribution >= 0.6 is 22.6 Å². The summed E-state index contributed by atoms with van der Waals surface area (Å²) in [6, 6.07) is 12.4. The van der Waals surface area contributed by atoms with Crippen LogP contribution in [0.5, 0.6) is 5.75 Å². The van der Waals surface area contributed by atoms with Crippen LogP contribution in [0.1, 0.15) is 10.4 Å². The van der Waals surface area contributed by atoms with Crippen molar-refractivity contribution < 1.29 is 14.5 Å². The summed E-state index contributed by atoms with van der Waals surface area (Å²) in [5.41, 5.74) is 0.00445. The Hall–Kier alpha value is -1.96. The number of hydrogen-bond acceptors (Lipinski definition) is 4. The van der Waals surface area contributed by atoms with Gasteiger partial charge in [0.25, 0.3) is 5.69 Å². The molecule has 0 aliphatic heterocycles. The fourth-order valence-electron chi connectivity index (χ4n) is 1.42. The quantitative estimate of drug-likeness (QED) is 0.273. The van der Waals surface area contributed by atoms with Gasteiger partial charge in [0.1, 0.15) is 5.75 Å². The number of carbonyl (C=O) groups excluding carboxylic acids is 1. The second kappa shape index (κ2) is 5.79. The third-order valence-electron chi connectivity index (χ3n) is 2.32. The van der Waals surface area contributed by atoms with Crippen LogP contribution < -0.4 is 4.74 Å². The molecule has 0 bridgehead atoms. The van der Waals surface area contributed by atoms with E-state index in [-0.39, 0.29) is 11.3 Å². The topological polar surface area (TPSA) is 69.4 Å². The zero-order valence-electron chi connectivity index (χ0n) is 9.58. The van der Waals surface area contributed by atoms with E-state index < -0.39 is 10.9 Å². The molecule has 2 rings (SSSR count). The molecule has 0 fully saturated rings. The van der Waals surface area contributed by atoms with Crippen molar-refractivity contribution in [1.29, 1.82) is 0 Å². The van der Waals surface area contributed by atoms with Gasteiger partial charge in [0.2, 0.25) is 0 Å². The van der Waals surface area contributed by atoms with E-state index in [1.54, 1.807) is 24.3 Å². The van der Waals surface area contributed by atoms with Gasteiger partial charge in [-0.2, -0.15) is 0 Å². The summed E-state index contributed by atoms with van der Waals surface area (Å²) in [5, 5.41) is 10.6. The number of nitro groups is 1. The molecule has 6 heteroatoms. The van der Waals surface area contributed by atoms with Crippen LogP contribution in [0.15, 0.2) is 48.5 Å². The lowest BCUT2D eigenvalue weighted by Crippen LogP contribution is -2.08. The first-order valence-corrected chi connectivity index (χ1v) is 6.36. The van der Waals surface area contributed by atoms with Crippen molar-refractivity contribution in [3.63, 3.8) is 0 Å². The Bertz CT molecular complexity index is 625. The zero-order chi connectivity index (χ0) is 13.8. The molecule has 0 heterocycles. The highest BCUT2D eigenvalue weighted by molar-refractivity contribution is 14.1.